The molecule has 0 aliphatic heterocycles. The van der Waals surface area contributed by atoms with Crippen LogP contribution in [-0.2, 0) is 20.1 Å². The van der Waals surface area contributed by atoms with Gasteiger partial charge in [-0.3, -0.25) is 9.36 Å². The minimum absolute atomic E-state index is 0.504. The topological polar surface area (TPSA) is 61.7 Å². The van der Waals surface area contributed by atoms with E-state index in [-0.39, 0.29) is 0 Å². The molecule has 0 amide bonds. The highest BCUT2D eigenvalue weighted by Crippen LogP contribution is 2.20. The van der Waals surface area contributed by atoms with Crippen molar-refractivity contribution in [1.82, 2.24) is 19.6 Å². The number of hydrogen-bond donors (Lipinski definition) is 1. The van der Waals surface area contributed by atoms with Gasteiger partial charge in [-0.1, -0.05) is 0 Å². The Bertz CT molecular complexity index is 454. The first kappa shape index (κ1) is 9.92. The highest BCUT2D eigenvalue weighted by Gasteiger charge is 2.10. The number of aromatic nitrogens is 4. The highest BCUT2D eigenvalue weighted by atomic mass is 15.3. The van der Waals surface area contributed by atoms with Crippen LogP contribution in [0.2, 0.25) is 0 Å². The molecule has 0 spiro atoms. The first-order valence-electron chi connectivity index (χ1n) is 5.00. The Labute approximate surface area is 88.5 Å². The zero-order chi connectivity index (χ0) is 10.8. The minimum atomic E-state index is 0.504. The van der Waals surface area contributed by atoms with Gasteiger partial charge in [-0.25, -0.2) is 0 Å². The monoisotopic (exact) mass is 205 g/mol. The Morgan fingerprint density at radius 2 is 2.20 bits per heavy atom. The number of rotatable bonds is 3. The van der Waals surface area contributed by atoms with Crippen LogP contribution in [0.25, 0.3) is 11.3 Å². The van der Waals surface area contributed by atoms with E-state index in [2.05, 4.69) is 17.1 Å². The maximum absolute atomic E-state index is 5.68. The van der Waals surface area contributed by atoms with E-state index in [1.807, 2.05) is 30.3 Å². The summed E-state index contributed by atoms with van der Waals surface area (Å²) in [4.78, 5) is 0. The molecule has 0 unspecified atom stereocenters. The lowest BCUT2D eigenvalue weighted by Crippen LogP contribution is -1.96. The van der Waals surface area contributed by atoms with Crippen LogP contribution in [0.1, 0.15) is 12.5 Å². The predicted molar refractivity (Wildman–Crippen MR) is 58.0 cm³/mol. The second-order valence-electron chi connectivity index (χ2n) is 3.47. The van der Waals surface area contributed by atoms with Gasteiger partial charge in [-0.2, -0.15) is 10.2 Å². The van der Waals surface area contributed by atoms with Crippen molar-refractivity contribution in [3.63, 3.8) is 0 Å². The van der Waals surface area contributed by atoms with Gasteiger partial charge in [0.1, 0.15) is 0 Å². The van der Waals surface area contributed by atoms with E-state index < -0.39 is 0 Å². The second-order valence-corrected chi connectivity index (χ2v) is 3.47. The van der Waals surface area contributed by atoms with E-state index >= 15 is 0 Å². The predicted octanol–water partition coefficient (Wildman–Crippen LogP) is 0.762. The SMILES string of the molecule is CCn1cc(CN)c(-c2cnn(C)c2)n1. The van der Waals surface area contributed by atoms with Gasteiger partial charge in [-0.15, -0.1) is 0 Å². The summed E-state index contributed by atoms with van der Waals surface area (Å²) in [6, 6.07) is 0. The molecule has 0 aliphatic rings. The lowest BCUT2D eigenvalue weighted by atomic mass is 10.1. The molecule has 0 aliphatic carbocycles. The van der Waals surface area contributed by atoms with Gasteiger partial charge in [0.05, 0.1) is 11.9 Å². The van der Waals surface area contributed by atoms with E-state index in [9.17, 15) is 0 Å². The quantitative estimate of drug-likeness (QED) is 0.804. The van der Waals surface area contributed by atoms with Crippen LogP contribution < -0.4 is 5.73 Å². The van der Waals surface area contributed by atoms with Crippen LogP contribution in [0.4, 0.5) is 0 Å². The van der Waals surface area contributed by atoms with Crippen LogP contribution in [-0.4, -0.2) is 19.6 Å². The molecule has 5 heteroatoms. The molecule has 0 atom stereocenters. The average Bonchev–Trinajstić information content (AvgIpc) is 2.82. The smallest absolute Gasteiger partial charge is 0.0999 e. The van der Waals surface area contributed by atoms with Crippen molar-refractivity contribution in [2.24, 2.45) is 12.8 Å². The first-order valence-corrected chi connectivity index (χ1v) is 5.00. The molecule has 0 fully saturated rings. The lowest BCUT2D eigenvalue weighted by Gasteiger charge is -1.94. The molecule has 80 valence electrons. The van der Waals surface area contributed by atoms with Crippen LogP contribution in [0.3, 0.4) is 0 Å². The van der Waals surface area contributed by atoms with E-state index in [0.717, 1.165) is 23.4 Å². The Balaban J connectivity index is 2.46. The zero-order valence-electron chi connectivity index (χ0n) is 9.01. The van der Waals surface area contributed by atoms with Crippen molar-refractivity contribution in [2.75, 3.05) is 0 Å². The summed E-state index contributed by atoms with van der Waals surface area (Å²) >= 11 is 0. The molecule has 0 bridgehead atoms. The molecular weight excluding hydrogens is 190 g/mol. The van der Waals surface area contributed by atoms with Crippen molar-refractivity contribution in [3.8, 4) is 11.3 Å². The van der Waals surface area contributed by atoms with Gasteiger partial charge >= 0.3 is 0 Å². The average molecular weight is 205 g/mol. The third-order valence-electron chi connectivity index (χ3n) is 2.36. The normalized spacial score (nSPS) is 10.9. The lowest BCUT2D eigenvalue weighted by molar-refractivity contribution is 0.661. The molecule has 0 saturated carbocycles. The van der Waals surface area contributed by atoms with Gasteiger partial charge in [0.25, 0.3) is 0 Å². The molecule has 2 aromatic rings. The number of nitrogens with two attached hydrogens (primary N) is 1. The van der Waals surface area contributed by atoms with Crippen LogP contribution in [0, 0.1) is 0 Å². The molecule has 2 N–H and O–H groups in total. The van der Waals surface area contributed by atoms with Gasteiger partial charge < -0.3 is 5.73 Å². The van der Waals surface area contributed by atoms with Gasteiger partial charge in [0.15, 0.2) is 0 Å². The Hall–Kier alpha value is -1.62. The van der Waals surface area contributed by atoms with Crippen LogP contribution in [0.5, 0.6) is 0 Å². The highest BCUT2D eigenvalue weighted by molar-refractivity contribution is 5.60. The van der Waals surface area contributed by atoms with Crippen LogP contribution >= 0.6 is 0 Å². The van der Waals surface area contributed by atoms with Crippen molar-refractivity contribution < 1.29 is 0 Å². The van der Waals surface area contributed by atoms with E-state index in [1.54, 1.807) is 4.68 Å². The van der Waals surface area contributed by atoms with Gasteiger partial charge in [0, 0.05) is 43.7 Å². The standard InChI is InChI=1S/C10H15N5/c1-3-15-7-8(4-11)10(13-15)9-5-12-14(2)6-9/h5-7H,3-4,11H2,1-2H3. The van der Waals surface area contributed by atoms with Crippen LogP contribution in [0.15, 0.2) is 18.6 Å². The van der Waals surface area contributed by atoms with Crippen molar-refractivity contribution in [1.29, 1.82) is 0 Å². The fraction of sp³-hybridized carbons (Fsp3) is 0.400. The molecule has 0 saturated heterocycles. The maximum atomic E-state index is 5.68. The number of nitrogens with zero attached hydrogens (tertiary/aromatic N) is 4. The molecular formula is C10H15N5. The Kier molecular flexibility index (Phi) is 2.55. The molecule has 0 aromatic carbocycles. The molecule has 2 heterocycles. The summed E-state index contributed by atoms with van der Waals surface area (Å²) in [6.45, 7) is 3.41. The van der Waals surface area contributed by atoms with Crippen molar-refractivity contribution >= 4 is 0 Å². The third-order valence-corrected chi connectivity index (χ3v) is 2.36. The Morgan fingerprint density at radius 1 is 1.40 bits per heavy atom. The Morgan fingerprint density at radius 3 is 2.73 bits per heavy atom. The molecule has 15 heavy (non-hydrogen) atoms. The minimum Gasteiger partial charge on any atom is -0.326 e. The van der Waals surface area contributed by atoms with E-state index in [1.165, 1.54) is 0 Å². The maximum Gasteiger partial charge on any atom is 0.0999 e. The number of aryl methyl sites for hydroxylation is 2. The zero-order valence-corrected chi connectivity index (χ0v) is 9.01. The molecule has 2 aromatic heterocycles. The van der Waals surface area contributed by atoms with Crippen molar-refractivity contribution in [2.45, 2.75) is 20.0 Å². The summed E-state index contributed by atoms with van der Waals surface area (Å²) in [5.41, 5.74) is 8.70. The fourth-order valence-corrected chi connectivity index (χ4v) is 1.56. The summed E-state index contributed by atoms with van der Waals surface area (Å²) in [6.07, 6.45) is 5.74. The van der Waals surface area contributed by atoms with Gasteiger partial charge in [0.2, 0.25) is 0 Å². The molecule has 5 nitrogen and oxygen atoms in total. The largest absolute Gasteiger partial charge is 0.326 e. The summed E-state index contributed by atoms with van der Waals surface area (Å²) in [5.74, 6) is 0. The van der Waals surface area contributed by atoms with E-state index in [0.29, 0.717) is 6.54 Å². The van der Waals surface area contributed by atoms with Crippen molar-refractivity contribution in [3.05, 3.63) is 24.2 Å². The van der Waals surface area contributed by atoms with Gasteiger partial charge in [-0.05, 0) is 6.92 Å². The second kappa shape index (κ2) is 3.86. The summed E-state index contributed by atoms with van der Waals surface area (Å²) < 4.78 is 3.66. The fourth-order valence-electron chi connectivity index (χ4n) is 1.56. The summed E-state index contributed by atoms with van der Waals surface area (Å²) in [5, 5.41) is 8.60. The molecule has 2 rings (SSSR count). The third kappa shape index (κ3) is 1.78. The number of hydrogen-bond acceptors (Lipinski definition) is 3. The van der Waals surface area contributed by atoms with E-state index in [4.69, 9.17) is 5.73 Å². The molecule has 0 radical (unpaired) electrons. The first-order chi connectivity index (χ1) is 7.24. The summed E-state index contributed by atoms with van der Waals surface area (Å²) in [7, 11) is 1.89.